The number of piperazine rings is 1. The zero-order valence-corrected chi connectivity index (χ0v) is 16.0. The van der Waals surface area contributed by atoms with E-state index < -0.39 is 11.7 Å². The number of hydrogen-bond acceptors (Lipinski definition) is 6. The van der Waals surface area contributed by atoms with E-state index >= 15 is 0 Å². The van der Waals surface area contributed by atoms with Crippen LogP contribution in [0.15, 0.2) is 30.7 Å². The van der Waals surface area contributed by atoms with E-state index in [1.165, 1.54) is 11.0 Å². The molecule has 10 heteroatoms. The number of ether oxygens (including phenoxy) is 1. The number of alkyl halides is 3. The summed E-state index contributed by atoms with van der Waals surface area (Å²) in [6.07, 6.45) is 2.29. The summed E-state index contributed by atoms with van der Waals surface area (Å²) in [6, 6.07) is 1.81. The van der Waals surface area contributed by atoms with Crippen LogP contribution in [0.1, 0.15) is 36.4 Å². The topological polar surface area (TPSA) is 71.5 Å². The van der Waals surface area contributed by atoms with Gasteiger partial charge in [0.2, 0.25) is 11.8 Å². The second-order valence-electron chi connectivity index (χ2n) is 7.93. The molecule has 2 aromatic rings. The molecule has 2 aromatic heterocycles. The quantitative estimate of drug-likeness (QED) is 0.759. The summed E-state index contributed by atoms with van der Waals surface area (Å²) in [5.41, 5.74) is 0.154. The summed E-state index contributed by atoms with van der Waals surface area (Å²) in [7, 11) is 0. The van der Waals surface area contributed by atoms with Crippen LogP contribution in [0.5, 0.6) is 5.88 Å². The van der Waals surface area contributed by atoms with Crippen molar-refractivity contribution in [3.05, 3.63) is 42.0 Å². The molecule has 1 saturated carbocycles. The molecule has 2 atom stereocenters. The fourth-order valence-corrected chi connectivity index (χ4v) is 4.06. The molecule has 2 aliphatic heterocycles. The lowest BCUT2D eigenvalue weighted by atomic mass is 10.1. The molecule has 0 bridgehead atoms. The Labute approximate surface area is 170 Å². The van der Waals surface area contributed by atoms with E-state index in [2.05, 4.69) is 15.0 Å². The minimum Gasteiger partial charge on any atom is -0.472 e. The summed E-state index contributed by atoms with van der Waals surface area (Å²) in [4.78, 5) is 29.0. The first-order valence-corrected chi connectivity index (χ1v) is 9.96. The predicted molar refractivity (Wildman–Crippen MR) is 100.0 cm³/mol. The zero-order chi connectivity index (χ0) is 20.9. The third-order valence-corrected chi connectivity index (χ3v) is 5.81. The van der Waals surface area contributed by atoms with Crippen molar-refractivity contribution in [1.29, 1.82) is 0 Å². The zero-order valence-electron chi connectivity index (χ0n) is 16.0. The predicted octanol–water partition coefficient (Wildman–Crippen LogP) is 2.64. The number of amides is 1. The number of nitrogens with zero attached hydrogens (tertiary/aromatic N) is 5. The second-order valence-corrected chi connectivity index (χ2v) is 7.93. The van der Waals surface area contributed by atoms with Crippen LogP contribution in [-0.4, -0.2) is 57.5 Å². The first kappa shape index (κ1) is 19.2. The average molecular weight is 419 g/mol. The van der Waals surface area contributed by atoms with Crippen molar-refractivity contribution in [3.63, 3.8) is 0 Å². The van der Waals surface area contributed by atoms with Gasteiger partial charge in [-0.1, -0.05) is 0 Å². The monoisotopic (exact) mass is 419 g/mol. The highest BCUT2D eigenvalue weighted by atomic mass is 19.4. The molecular weight excluding hydrogens is 399 g/mol. The Bertz CT molecular complexity index is 931. The highest BCUT2D eigenvalue weighted by Gasteiger charge is 2.44. The molecule has 3 fully saturated rings. The molecule has 158 valence electrons. The summed E-state index contributed by atoms with van der Waals surface area (Å²) >= 11 is 0. The lowest BCUT2D eigenvalue weighted by Crippen LogP contribution is -2.54. The van der Waals surface area contributed by atoms with E-state index in [0.29, 0.717) is 37.9 Å². The van der Waals surface area contributed by atoms with Crippen molar-refractivity contribution < 1.29 is 22.7 Å². The van der Waals surface area contributed by atoms with Crippen molar-refractivity contribution in [2.45, 2.75) is 43.5 Å². The number of fused-ring (bicyclic) bond motifs is 1. The number of aromatic nitrogens is 3. The van der Waals surface area contributed by atoms with Gasteiger partial charge in [-0.05, 0) is 25.0 Å². The fourth-order valence-electron chi connectivity index (χ4n) is 4.06. The van der Waals surface area contributed by atoms with Crippen LogP contribution in [0.2, 0.25) is 0 Å². The van der Waals surface area contributed by atoms with Gasteiger partial charge in [0.1, 0.15) is 11.9 Å². The molecule has 4 heterocycles. The minimum atomic E-state index is -4.45. The van der Waals surface area contributed by atoms with E-state index in [9.17, 15) is 18.0 Å². The molecule has 30 heavy (non-hydrogen) atoms. The van der Waals surface area contributed by atoms with Gasteiger partial charge < -0.3 is 4.74 Å². The van der Waals surface area contributed by atoms with Gasteiger partial charge in [-0.3, -0.25) is 19.6 Å². The van der Waals surface area contributed by atoms with Crippen LogP contribution >= 0.6 is 0 Å². The van der Waals surface area contributed by atoms with Crippen molar-refractivity contribution in [2.75, 3.05) is 24.5 Å². The lowest BCUT2D eigenvalue weighted by molar-refractivity contribution is -0.137. The van der Waals surface area contributed by atoms with E-state index in [0.717, 1.165) is 30.8 Å². The Morgan fingerprint density at radius 3 is 2.50 bits per heavy atom. The van der Waals surface area contributed by atoms with Crippen LogP contribution < -0.4 is 9.64 Å². The van der Waals surface area contributed by atoms with Crippen LogP contribution in [0.25, 0.3) is 0 Å². The molecule has 1 amide bonds. The number of carbonyl (C=O) groups is 1. The van der Waals surface area contributed by atoms with Gasteiger partial charge in [-0.25, -0.2) is 9.97 Å². The van der Waals surface area contributed by atoms with Gasteiger partial charge in [0.15, 0.2) is 0 Å². The molecule has 5 rings (SSSR count). The lowest BCUT2D eigenvalue weighted by Gasteiger charge is -2.35. The molecule has 3 aliphatic rings. The molecule has 0 spiro atoms. The Hall–Kier alpha value is -2.75. The van der Waals surface area contributed by atoms with Crippen LogP contribution in [-0.2, 0) is 11.0 Å². The van der Waals surface area contributed by atoms with Gasteiger partial charge in [0.05, 0.1) is 29.7 Å². The van der Waals surface area contributed by atoms with Gasteiger partial charge in [0.25, 0.3) is 0 Å². The van der Waals surface area contributed by atoms with Gasteiger partial charge in [-0.2, -0.15) is 13.2 Å². The summed E-state index contributed by atoms with van der Waals surface area (Å²) in [5.74, 6) is 1.03. The number of hydrogen-bond donors (Lipinski definition) is 0. The highest BCUT2D eigenvalue weighted by molar-refractivity contribution is 5.97. The fraction of sp³-hybridized carbons (Fsp3) is 0.500. The maximum atomic E-state index is 13.0. The molecule has 0 unspecified atom stereocenters. The van der Waals surface area contributed by atoms with E-state index in [-0.39, 0.29) is 23.9 Å². The smallest absolute Gasteiger partial charge is 0.417 e. The highest BCUT2D eigenvalue weighted by Crippen LogP contribution is 2.38. The van der Waals surface area contributed by atoms with E-state index in [1.807, 2.05) is 4.90 Å². The van der Waals surface area contributed by atoms with Gasteiger partial charge in [-0.15, -0.1) is 0 Å². The number of halogens is 3. The van der Waals surface area contributed by atoms with Crippen molar-refractivity contribution >= 4 is 11.7 Å². The molecule has 0 aromatic carbocycles. The minimum absolute atomic E-state index is 0.172. The Morgan fingerprint density at radius 2 is 1.87 bits per heavy atom. The van der Waals surface area contributed by atoms with E-state index in [1.54, 1.807) is 12.4 Å². The van der Waals surface area contributed by atoms with Crippen LogP contribution in [0.4, 0.5) is 19.0 Å². The normalized spacial score (nSPS) is 24.8. The van der Waals surface area contributed by atoms with Gasteiger partial charge >= 0.3 is 6.18 Å². The third-order valence-electron chi connectivity index (χ3n) is 5.81. The Balaban J connectivity index is 1.24. The van der Waals surface area contributed by atoms with Crippen LogP contribution in [0, 0.1) is 0 Å². The molecular formula is C20H20F3N5O2. The SMILES string of the molecule is O=C1[C@@H]2C[C@@H](Oc3cnc(C4CC4)cn3)CN2CCN1c1ccc(C(F)(F)F)cn1. The number of pyridine rings is 1. The average Bonchev–Trinajstić information content (AvgIpc) is 3.49. The maximum absolute atomic E-state index is 13.0. The number of anilines is 1. The van der Waals surface area contributed by atoms with Crippen molar-refractivity contribution in [2.24, 2.45) is 0 Å². The standard InChI is InChI=1S/C20H20F3N5O2/c21-20(22,23)13-3-4-17(25-8-13)28-6-5-27-11-14(7-16(27)19(28)29)30-18-10-24-15(9-26-18)12-1-2-12/h3-4,8-10,12,14,16H,1-2,5-7,11H2/t14-,16+/m1/s1. The first-order valence-electron chi connectivity index (χ1n) is 9.96. The molecule has 1 aliphatic carbocycles. The largest absolute Gasteiger partial charge is 0.472 e. The molecule has 0 radical (unpaired) electrons. The van der Waals surface area contributed by atoms with Gasteiger partial charge in [0, 0.05) is 38.2 Å². The maximum Gasteiger partial charge on any atom is 0.417 e. The molecule has 2 saturated heterocycles. The first-order chi connectivity index (χ1) is 14.4. The van der Waals surface area contributed by atoms with Crippen LogP contribution in [0.3, 0.4) is 0 Å². The van der Waals surface area contributed by atoms with Crippen molar-refractivity contribution in [3.8, 4) is 5.88 Å². The number of rotatable bonds is 4. The molecule has 7 nitrogen and oxygen atoms in total. The summed E-state index contributed by atoms with van der Waals surface area (Å²) in [5, 5.41) is 0. The number of carbonyl (C=O) groups excluding carboxylic acids is 1. The molecule has 0 N–H and O–H groups in total. The second kappa shape index (κ2) is 7.19. The third kappa shape index (κ3) is 3.71. The Kier molecular flexibility index (Phi) is 4.61. The summed E-state index contributed by atoms with van der Waals surface area (Å²) in [6.45, 7) is 1.57. The van der Waals surface area contributed by atoms with Crippen molar-refractivity contribution in [1.82, 2.24) is 19.9 Å². The van der Waals surface area contributed by atoms with E-state index in [4.69, 9.17) is 4.74 Å². The summed E-state index contributed by atoms with van der Waals surface area (Å²) < 4.78 is 44.2. The Morgan fingerprint density at radius 1 is 1.03 bits per heavy atom.